The summed E-state index contributed by atoms with van der Waals surface area (Å²) in [6, 6.07) is 0. The summed E-state index contributed by atoms with van der Waals surface area (Å²) in [4.78, 5) is 13.8. The number of aromatic nitrogens is 5. The largest absolute Gasteiger partial charge is 0.330 e. The van der Waals surface area contributed by atoms with Crippen molar-refractivity contribution in [1.82, 2.24) is 25.0 Å². The normalized spacial score (nSPS) is 10.8. The molecule has 0 aromatic carbocycles. The second-order valence-electron chi connectivity index (χ2n) is 2.59. The van der Waals surface area contributed by atoms with Crippen molar-refractivity contribution in [3.05, 3.63) is 22.1 Å². The number of rotatable bonds is 2. The van der Waals surface area contributed by atoms with E-state index in [1.165, 1.54) is 4.52 Å². The molecule has 2 aromatic heterocycles. The molecule has 0 aliphatic carbocycles. The van der Waals surface area contributed by atoms with Gasteiger partial charge in [-0.2, -0.15) is 4.52 Å². The number of H-pyrrole nitrogens is 1. The van der Waals surface area contributed by atoms with Gasteiger partial charge in [-0.1, -0.05) is 5.10 Å². The Bertz CT molecular complexity index is 471. The van der Waals surface area contributed by atoms with E-state index in [-0.39, 0.29) is 5.56 Å². The van der Waals surface area contributed by atoms with Crippen LogP contribution in [0.4, 0.5) is 0 Å². The lowest BCUT2D eigenvalue weighted by Crippen LogP contribution is -2.18. The van der Waals surface area contributed by atoms with E-state index in [1.54, 1.807) is 6.20 Å². The van der Waals surface area contributed by atoms with Gasteiger partial charge in [-0.05, 0) is 23.4 Å². The lowest BCUT2D eigenvalue weighted by Gasteiger charge is -1.96. The second-order valence-corrected chi connectivity index (χ2v) is 2.59. The molecule has 7 nitrogen and oxygen atoms in total. The van der Waals surface area contributed by atoms with Crippen LogP contribution in [0.3, 0.4) is 0 Å². The van der Waals surface area contributed by atoms with Crippen molar-refractivity contribution in [3.8, 4) is 0 Å². The van der Waals surface area contributed by atoms with Gasteiger partial charge in [-0.25, -0.2) is 0 Å². The first-order chi connectivity index (χ1) is 6.31. The van der Waals surface area contributed by atoms with Crippen LogP contribution in [-0.2, 0) is 6.42 Å². The Morgan fingerprint density at radius 3 is 3.23 bits per heavy atom. The maximum absolute atomic E-state index is 11.3. The molecule has 0 unspecified atom stereocenters. The minimum atomic E-state index is -0.187. The Kier molecular flexibility index (Phi) is 1.78. The Labute approximate surface area is 72.6 Å². The van der Waals surface area contributed by atoms with Gasteiger partial charge in [0.25, 0.3) is 11.3 Å². The van der Waals surface area contributed by atoms with Crippen LogP contribution in [0, 0.1) is 0 Å². The fourth-order valence-electron chi connectivity index (χ4n) is 1.08. The second kappa shape index (κ2) is 2.94. The summed E-state index contributed by atoms with van der Waals surface area (Å²) in [6.07, 6.45) is 2.10. The Hall–Kier alpha value is -1.76. The number of nitrogens with zero attached hydrogens (tertiary/aromatic N) is 4. The molecule has 0 radical (unpaired) electrons. The van der Waals surface area contributed by atoms with Crippen LogP contribution in [0.2, 0.25) is 0 Å². The van der Waals surface area contributed by atoms with Gasteiger partial charge in [0.05, 0.1) is 0 Å². The third-order valence-corrected chi connectivity index (χ3v) is 1.70. The number of aromatic amines is 1. The van der Waals surface area contributed by atoms with Crippen LogP contribution in [-0.4, -0.2) is 31.6 Å². The molecule has 0 atom stereocenters. The Morgan fingerprint density at radius 2 is 2.46 bits per heavy atom. The van der Waals surface area contributed by atoms with Crippen LogP contribution in [0.15, 0.2) is 11.0 Å². The molecule has 0 saturated carbocycles. The molecule has 7 heteroatoms. The summed E-state index contributed by atoms with van der Waals surface area (Å²) in [5.41, 5.74) is 5.73. The van der Waals surface area contributed by atoms with Gasteiger partial charge in [-0.15, -0.1) is 0 Å². The van der Waals surface area contributed by atoms with Crippen LogP contribution >= 0.6 is 0 Å². The lowest BCUT2D eigenvalue weighted by atomic mass is 10.2. The van der Waals surface area contributed by atoms with Crippen LogP contribution < -0.4 is 11.3 Å². The summed E-state index contributed by atoms with van der Waals surface area (Å²) in [5, 5.41) is 10.6. The molecule has 2 aromatic rings. The van der Waals surface area contributed by atoms with Crippen molar-refractivity contribution < 1.29 is 0 Å². The highest BCUT2D eigenvalue weighted by Crippen LogP contribution is 1.92. The molecule has 2 heterocycles. The first-order valence-electron chi connectivity index (χ1n) is 3.81. The van der Waals surface area contributed by atoms with Crippen molar-refractivity contribution in [2.24, 2.45) is 5.73 Å². The molecule has 13 heavy (non-hydrogen) atoms. The minimum absolute atomic E-state index is 0.187. The molecule has 2 rings (SSSR count). The Balaban J connectivity index is 2.62. The number of nitrogens with one attached hydrogen (secondary N) is 1. The van der Waals surface area contributed by atoms with Crippen molar-refractivity contribution >= 4 is 5.78 Å². The maximum Gasteiger partial charge on any atom is 0.255 e. The van der Waals surface area contributed by atoms with Gasteiger partial charge in [0.15, 0.2) is 0 Å². The van der Waals surface area contributed by atoms with E-state index in [0.29, 0.717) is 24.3 Å². The summed E-state index contributed by atoms with van der Waals surface area (Å²) >= 11 is 0. The van der Waals surface area contributed by atoms with Crippen LogP contribution in [0.1, 0.15) is 5.56 Å². The fraction of sp³-hybridized carbons (Fsp3) is 0.333. The van der Waals surface area contributed by atoms with Gasteiger partial charge in [0, 0.05) is 11.8 Å². The lowest BCUT2D eigenvalue weighted by molar-refractivity contribution is 0.804. The average Bonchev–Trinajstić information content (AvgIpc) is 2.52. The SMILES string of the molecule is NCCc1cn2nnnc2[nH]c1=O. The van der Waals surface area contributed by atoms with Gasteiger partial charge < -0.3 is 5.73 Å². The van der Waals surface area contributed by atoms with E-state index in [1.807, 2.05) is 0 Å². The van der Waals surface area contributed by atoms with E-state index in [2.05, 4.69) is 20.5 Å². The Morgan fingerprint density at radius 1 is 1.62 bits per heavy atom. The summed E-state index contributed by atoms with van der Waals surface area (Å²) in [5.74, 6) is 0.339. The number of fused-ring (bicyclic) bond motifs is 1. The molecule has 0 saturated heterocycles. The summed E-state index contributed by atoms with van der Waals surface area (Å²) in [7, 11) is 0. The van der Waals surface area contributed by atoms with E-state index in [0.717, 1.165) is 0 Å². The topological polar surface area (TPSA) is 102 Å². The van der Waals surface area contributed by atoms with Crippen molar-refractivity contribution in [3.63, 3.8) is 0 Å². The highest BCUT2D eigenvalue weighted by Gasteiger charge is 2.03. The molecule has 0 bridgehead atoms. The van der Waals surface area contributed by atoms with Crippen molar-refractivity contribution in [2.75, 3.05) is 6.54 Å². The number of tetrazole rings is 1. The van der Waals surface area contributed by atoms with Crippen LogP contribution in [0.25, 0.3) is 5.78 Å². The zero-order valence-corrected chi connectivity index (χ0v) is 6.77. The third-order valence-electron chi connectivity index (χ3n) is 1.70. The van der Waals surface area contributed by atoms with Gasteiger partial charge in [0.1, 0.15) is 0 Å². The molecule has 68 valence electrons. The quantitative estimate of drug-likeness (QED) is 0.574. The average molecular weight is 180 g/mol. The molecule has 0 amide bonds. The molecule has 0 aliphatic rings. The van der Waals surface area contributed by atoms with Crippen LogP contribution in [0.5, 0.6) is 0 Å². The van der Waals surface area contributed by atoms with Crippen molar-refractivity contribution in [1.29, 1.82) is 0 Å². The predicted octanol–water partition coefficient (Wildman–Crippen LogP) is -1.69. The van der Waals surface area contributed by atoms with Gasteiger partial charge in [0.2, 0.25) is 0 Å². The number of hydrogen-bond acceptors (Lipinski definition) is 5. The van der Waals surface area contributed by atoms with E-state index < -0.39 is 0 Å². The zero-order valence-electron chi connectivity index (χ0n) is 6.77. The molecular formula is C6H8N6O. The van der Waals surface area contributed by atoms with E-state index in [4.69, 9.17) is 5.73 Å². The smallest absolute Gasteiger partial charge is 0.255 e. The highest BCUT2D eigenvalue weighted by atomic mass is 16.1. The monoisotopic (exact) mass is 180 g/mol. The predicted molar refractivity (Wildman–Crippen MR) is 44.2 cm³/mol. The number of nitrogens with two attached hydrogens (primary N) is 1. The third kappa shape index (κ3) is 1.29. The molecule has 0 spiro atoms. The highest BCUT2D eigenvalue weighted by molar-refractivity contribution is 5.24. The van der Waals surface area contributed by atoms with Crippen molar-refractivity contribution in [2.45, 2.75) is 6.42 Å². The summed E-state index contributed by atoms with van der Waals surface area (Å²) < 4.78 is 1.41. The standard InChI is InChI=1S/C6H8N6O/c7-2-1-4-3-12-6(8-5(4)13)9-10-11-12/h3H,1-2,7H2,(H,8,9,11,13). The molecular weight excluding hydrogens is 172 g/mol. The van der Waals surface area contributed by atoms with E-state index >= 15 is 0 Å². The van der Waals surface area contributed by atoms with Gasteiger partial charge >= 0.3 is 0 Å². The maximum atomic E-state index is 11.3. The van der Waals surface area contributed by atoms with Gasteiger partial charge in [-0.3, -0.25) is 9.78 Å². The molecule has 0 fully saturated rings. The minimum Gasteiger partial charge on any atom is -0.330 e. The zero-order chi connectivity index (χ0) is 9.26. The number of hydrogen-bond donors (Lipinski definition) is 2. The summed E-state index contributed by atoms with van der Waals surface area (Å²) in [6.45, 7) is 0.427. The fourth-order valence-corrected chi connectivity index (χ4v) is 1.08. The first-order valence-corrected chi connectivity index (χ1v) is 3.81. The van der Waals surface area contributed by atoms with E-state index in [9.17, 15) is 4.79 Å². The molecule has 3 N–H and O–H groups in total. The molecule has 0 aliphatic heterocycles. The first kappa shape index (κ1) is 7.87.